The van der Waals surface area contributed by atoms with Crippen molar-refractivity contribution in [3.05, 3.63) is 65.0 Å². The van der Waals surface area contributed by atoms with Gasteiger partial charge in [-0.1, -0.05) is 18.2 Å². The van der Waals surface area contributed by atoms with E-state index in [4.69, 9.17) is 9.84 Å². The molecule has 0 bridgehead atoms. The molecule has 8 heteroatoms. The molecule has 0 saturated heterocycles. The van der Waals surface area contributed by atoms with Crippen molar-refractivity contribution in [2.75, 3.05) is 20.2 Å². The molecule has 0 aliphatic rings. The van der Waals surface area contributed by atoms with Gasteiger partial charge in [-0.05, 0) is 41.8 Å². The number of carbonyl (C=O) groups is 3. The van der Waals surface area contributed by atoms with Gasteiger partial charge in [-0.15, -0.1) is 0 Å². The van der Waals surface area contributed by atoms with Gasteiger partial charge >= 0.3 is 5.97 Å². The minimum atomic E-state index is -1.05. The second-order valence-corrected chi connectivity index (χ2v) is 6.02. The van der Waals surface area contributed by atoms with E-state index >= 15 is 0 Å². The number of methoxy groups -OCH3 is 1. The van der Waals surface area contributed by atoms with Crippen LogP contribution in [0.15, 0.2) is 42.5 Å². The zero-order valence-electron chi connectivity index (χ0n) is 15.3. The zero-order chi connectivity index (χ0) is 20.5. The van der Waals surface area contributed by atoms with E-state index in [0.29, 0.717) is 24.3 Å². The summed E-state index contributed by atoms with van der Waals surface area (Å²) in [5, 5.41) is 14.1. The number of nitrogens with one attached hydrogen (secondary N) is 2. The average Bonchev–Trinajstić information content (AvgIpc) is 2.66. The van der Waals surface area contributed by atoms with Crippen LogP contribution >= 0.6 is 0 Å². The first-order chi connectivity index (χ1) is 13.4. The first-order valence-electron chi connectivity index (χ1n) is 8.57. The van der Waals surface area contributed by atoms with Crippen molar-refractivity contribution in [2.45, 2.75) is 12.8 Å². The molecule has 0 aliphatic heterocycles. The maximum absolute atomic E-state index is 13.1. The summed E-state index contributed by atoms with van der Waals surface area (Å²) in [6.07, 6.45) is 0.421. The van der Waals surface area contributed by atoms with Gasteiger partial charge < -0.3 is 20.5 Å². The Morgan fingerprint density at radius 1 is 1.07 bits per heavy atom. The van der Waals surface area contributed by atoms with Crippen molar-refractivity contribution < 1.29 is 28.6 Å². The van der Waals surface area contributed by atoms with Crippen molar-refractivity contribution in [3.8, 4) is 5.75 Å². The number of rotatable bonds is 9. The summed E-state index contributed by atoms with van der Waals surface area (Å²) < 4.78 is 18.3. The minimum Gasteiger partial charge on any atom is -0.496 e. The number of ether oxygens (including phenoxy) is 1. The number of aromatic carboxylic acids is 1. The maximum Gasteiger partial charge on any atom is 0.335 e. The molecule has 0 fully saturated rings. The minimum absolute atomic E-state index is 0.0157. The van der Waals surface area contributed by atoms with Crippen LogP contribution in [0.4, 0.5) is 4.39 Å². The predicted octanol–water partition coefficient (Wildman–Crippen LogP) is 1.55. The molecular weight excluding hydrogens is 367 g/mol. The summed E-state index contributed by atoms with van der Waals surface area (Å²) >= 11 is 0. The SMILES string of the molecule is COc1cc(C(=O)O)ccc1CCNC(=O)CNC(=O)Cc1cccc(F)c1. The van der Waals surface area contributed by atoms with Crippen molar-refractivity contribution in [1.29, 1.82) is 0 Å². The van der Waals surface area contributed by atoms with Crippen molar-refractivity contribution in [3.63, 3.8) is 0 Å². The Morgan fingerprint density at radius 3 is 2.54 bits per heavy atom. The smallest absolute Gasteiger partial charge is 0.335 e. The molecule has 0 aromatic heterocycles. The first kappa shape index (κ1) is 20.9. The van der Waals surface area contributed by atoms with Gasteiger partial charge in [0.1, 0.15) is 11.6 Å². The molecule has 28 heavy (non-hydrogen) atoms. The molecule has 0 aliphatic carbocycles. The molecule has 2 aromatic carbocycles. The first-order valence-corrected chi connectivity index (χ1v) is 8.57. The van der Waals surface area contributed by atoms with Gasteiger partial charge in [0.05, 0.1) is 25.6 Å². The van der Waals surface area contributed by atoms with Gasteiger partial charge in [-0.25, -0.2) is 9.18 Å². The van der Waals surface area contributed by atoms with Crippen LogP contribution < -0.4 is 15.4 Å². The molecule has 0 heterocycles. The van der Waals surface area contributed by atoms with Gasteiger partial charge in [0, 0.05) is 6.54 Å². The largest absolute Gasteiger partial charge is 0.496 e. The molecule has 2 rings (SSSR count). The summed E-state index contributed by atoms with van der Waals surface area (Å²) in [7, 11) is 1.44. The Kier molecular flexibility index (Phi) is 7.50. The lowest BCUT2D eigenvalue weighted by molar-refractivity contribution is -0.125. The fourth-order valence-electron chi connectivity index (χ4n) is 2.56. The van der Waals surface area contributed by atoms with Gasteiger partial charge in [0.25, 0.3) is 0 Å². The number of hydrogen-bond donors (Lipinski definition) is 3. The fraction of sp³-hybridized carbons (Fsp3) is 0.250. The van der Waals surface area contributed by atoms with Crippen LogP contribution in [0.5, 0.6) is 5.75 Å². The van der Waals surface area contributed by atoms with Crippen LogP contribution in [0.1, 0.15) is 21.5 Å². The second kappa shape index (κ2) is 10.1. The highest BCUT2D eigenvalue weighted by atomic mass is 19.1. The topological polar surface area (TPSA) is 105 Å². The molecule has 7 nitrogen and oxygen atoms in total. The normalized spacial score (nSPS) is 10.2. The van der Waals surface area contributed by atoms with Crippen molar-refractivity contribution in [1.82, 2.24) is 10.6 Å². The summed E-state index contributed by atoms with van der Waals surface area (Å²) in [6, 6.07) is 10.2. The molecule has 0 saturated carbocycles. The highest BCUT2D eigenvalue weighted by Crippen LogP contribution is 2.20. The number of amides is 2. The summed E-state index contributed by atoms with van der Waals surface area (Å²) in [6.45, 7) is 0.102. The molecule has 0 spiro atoms. The number of carboxylic acids is 1. The van der Waals surface area contributed by atoms with Crippen LogP contribution in [0.3, 0.4) is 0 Å². The molecule has 0 atom stereocenters. The Labute approximate surface area is 161 Å². The van der Waals surface area contributed by atoms with Gasteiger partial charge in [-0.3, -0.25) is 9.59 Å². The summed E-state index contributed by atoms with van der Waals surface area (Å²) in [4.78, 5) is 34.6. The predicted molar refractivity (Wildman–Crippen MR) is 99.8 cm³/mol. The number of hydrogen-bond acceptors (Lipinski definition) is 4. The molecule has 0 unspecified atom stereocenters. The lowest BCUT2D eigenvalue weighted by Gasteiger charge is -2.11. The van der Waals surface area contributed by atoms with E-state index < -0.39 is 11.8 Å². The van der Waals surface area contributed by atoms with Crippen LogP contribution in [0, 0.1) is 5.82 Å². The monoisotopic (exact) mass is 388 g/mol. The van der Waals surface area contributed by atoms with E-state index in [1.165, 1.54) is 37.4 Å². The van der Waals surface area contributed by atoms with E-state index in [1.807, 2.05) is 0 Å². The third kappa shape index (κ3) is 6.39. The van der Waals surface area contributed by atoms with Gasteiger partial charge in [0.2, 0.25) is 11.8 Å². The Bertz CT molecular complexity index is 869. The Morgan fingerprint density at radius 2 is 1.86 bits per heavy atom. The number of benzene rings is 2. The van der Waals surface area contributed by atoms with E-state index in [0.717, 1.165) is 5.56 Å². The van der Waals surface area contributed by atoms with Gasteiger partial charge in [0.15, 0.2) is 0 Å². The van der Waals surface area contributed by atoms with E-state index in [9.17, 15) is 18.8 Å². The molecule has 2 amide bonds. The molecule has 3 N–H and O–H groups in total. The lowest BCUT2D eigenvalue weighted by atomic mass is 10.1. The number of halogens is 1. The van der Waals surface area contributed by atoms with Gasteiger partial charge in [-0.2, -0.15) is 0 Å². The quantitative estimate of drug-likeness (QED) is 0.605. The van der Waals surface area contributed by atoms with Crippen molar-refractivity contribution >= 4 is 17.8 Å². The molecule has 0 radical (unpaired) electrons. The Hall–Kier alpha value is -3.42. The maximum atomic E-state index is 13.1. The highest BCUT2D eigenvalue weighted by Gasteiger charge is 2.10. The van der Waals surface area contributed by atoms with Crippen LogP contribution in [0.25, 0.3) is 0 Å². The van der Waals surface area contributed by atoms with E-state index in [1.54, 1.807) is 12.1 Å². The van der Waals surface area contributed by atoms with Crippen LogP contribution in [0.2, 0.25) is 0 Å². The number of carboxylic acid groups (broad SMARTS) is 1. The third-order valence-electron chi connectivity index (χ3n) is 3.95. The average molecular weight is 388 g/mol. The second-order valence-electron chi connectivity index (χ2n) is 6.02. The number of carbonyl (C=O) groups excluding carboxylic acids is 2. The van der Waals surface area contributed by atoms with Crippen molar-refractivity contribution in [2.24, 2.45) is 0 Å². The van der Waals surface area contributed by atoms with E-state index in [2.05, 4.69) is 10.6 Å². The molecule has 2 aromatic rings. The molecular formula is C20H21FN2O5. The lowest BCUT2D eigenvalue weighted by Crippen LogP contribution is -2.38. The van der Waals surface area contributed by atoms with Crippen LogP contribution in [-0.2, 0) is 22.4 Å². The highest BCUT2D eigenvalue weighted by molar-refractivity contribution is 5.88. The summed E-state index contributed by atoms with van der Waals surface area (Å²) in [5.74, 6) is -1.79. The standard InChI is InChI=1S/C20H21FN2O5/c1-28-17-11-15(20(26)27)6-5-14(17)7-8-22-19(25)12-23-18(24)10-13-3-2-4-16(21)9-13/h2-6,9,11H,7-8,10,12H2,1H3,(H,22,25)(H,23,24)(H,26,27). The third-order valence-corrected chi connectivity index (χ3v) is 3.95. The fourth-order valence-corrected chi connectivity index (χ4v) is 2.56. The Balaban J connectivity index is 1.75. The van der Waals surface area contributed by atoms with Crippen LogP contribution in [-0.4, -0.2) is 43.1 Å². The molecule has 148 valence electrons. The summed E-state index contributed by atoms with van der Waals surface area (Å²) in [5.41, 5.74) is 1.39. The van der Waals surface area contributed by atoms with E-state index in [-0.39, 0.29) is 30.3 Å². The zero-order valence-corrected chi connectivity index (χ0v) is 15.3.